The standard InChI is InChI=1S/C22H19ClFN3O5S/c1-32-17-7-2-14(3-8-17)12-21(28)25-26-22(29)15-4-11-19(23)20(13-15)27-33(30,31)18-9-5-16(24)6-10-18/h2-11,13,27H,12H2,1H3,(H,25,28)(H,26,29). The molecule has 0 atom stereocenters. The van der Waals surface area contributed by atoms with Gasteiger partial charge in [-0.3, -0.25) is 25.2 Å². The van der Waals surface area contributed by atoms with Gasteiger partial charge in [0.25, 0.3) is 15.9 Å². The van der Waals surface area contributed by atoms with Crippen LogP contribution in [0, 0.1) is 5.82 Å². The van der Waals surface area contributed by atoms with E-state index in [-0.39, 0.29) is 27.6 Å². The highest BCUT2D eigenvalue weighted by Crippen LogP contribution is 2.26. The van der Waals surface area contributed by atoms with Crippen molar-refractivity contribution in [3.63, 3.8) is 0 Å². The van der Waals surface area contributed by atoms with Gasteiger partial charge in [-0.25, -0.2) is 12.8 Å². The number of methoxy groups -OCH3 is 1. The van der Waals surface area contributed by atoms with Crippen LogP contribution < -0.4 is 20.3 Å². The number of halogens is 2. The Labute approximate surface area is 194 Å². The molecular formula is C22H19ClFN3O5S. The van der Waals surface area contributed by atoms with Gasteiger partial charge in [-0.15, -0.1) is 0 Å². The van der Waals surface area contributed by atoms with Crippen molar-refractivity contribution in [2.24, 2.45) is 0 Å². The van der Waals surface area contributed by atoms with E-state index in [1.165, 1.54) is 25.3 Å². The molecular weight excluding hydrogens is 473 g/mol. The van der Waals surface area contributed by atoms with Crippen LogP contribution in [0.5, 0.6) is 5.75 Å². The van der Waals surface area contributed by atoms with Crippen molar-refractivity contribution in [2.75, 3.05) is 11.8 Å². The average molecular weight is 492 g/mol. The molecule has 0 spiro atoms. The van der Waals surface area contributed by atoms with Gasteiger partial charge in [0.1, 0.15) is 11.6 Å². The Bertz CT molecular complexity index is 1270. The Hall–Kier alpha value is -3.63. The highest BCUT2D eigenvalue weighted by atomic mass is 35.5. The fourth-order valence-corrected chi connectivity index (χ4v) is 4.03. The highest BCUT2D eigenvalue weighted by Gasteiger charge is 2.18. The van der Waals surface area contributed by atoms with Gasteiger partial charge in [0, 0.05) is 5.56 Å². The first-order valence-corrected chi connectivity index (χ1v) is 11.3. The summed E-state index contributed by atoms with van der Waals surface area (Å²) in [5.74, 6) is -1.07. The lowest BCUT2D eigenvalue weighted by molar-refractivity contribution is -0.121. The molecule has 0 unspecified atom stereocenters. The molecule has 0 aromatic heterocycles. The zero-order chi connectivity index (χ0) is 24.0. The molecule has 2 amide bonds. The lowest BCUT2D eigenvalue weighted by Crippen LogP contribution is -2.42. The average Bonchev–Trinajstić information content (AvgIpc) is 2.79. The fourth-order valence-electron chi connectivity index (χ4n) is 2.73. The van der Waals surface area contributed by atoms with E-state index in [2.05, 4.69) is 15.6 Å². The molecule has 172 valence electrons. The maximum Gasteiger partial charge on any atom is 0.269 e. The molecule has 0 aliphatic heterocycles. The Balaban J connectivity index is 1.64. The maximum atomic E-state index is 13.1. The van der Waals surface area contributed by atoms with Crippen LogP contribution in [0.25, 0.3) is 0 Å². The Morgan fingerprint density at radius 2 is 1.64 bits per heavy atom. The third-order valence-corrected chi connectivity index (χ3v) is 6.15. The van der Waals surface area contributed by atoms with Crippen LogP contribution in [0.2, 0.25) is 5.02 Å². The van der Waals surface area contributed by atoms with Crippen molar-refractivity contribution in [1.82, 2.24) is 10.9 Å². The third kappa shape index (κ3) is 6.43. The topological polar surface area (TPSA) is 114 Å². The summed E-state index contributed by atoms with van der Waals surface area (Å²) in [5.41, 5.74) is 5.26. The lowest BCUT2D eigenvalue weighted by atomic mass is 10.1. The zero-order valence-corrected chi connectivity index (χ0v) is 18.8. The normalized spacial score (nSPS) is 10.9. The number of hydrogen-bond acceptors (Lipinski definition) is 5. The molecule has 0 saturated carbocycles. The number of rotatable bonds is 7. The lowest BCUT2D eigenvalue weighted by Gasteiger charge is -2.12. The van der Waals surface area contributed by atoms with E-state index in [0.717, 1.165) is 24.3 Å². The van der Waals surface area contributed by atoms with Crippen LogP contribution in [0.4, 0.5) is 10.1 Å². The summed E-state index contributed by atoms with van der Waals surface area (Å²) < 4.78 is 45.4. The van der Waals surface area contributed by atoms with Crippen LogP contribution in [0.15, 0.2) is 71.6 Å². The number of amides is 2. The molecule has 0 fully saturated rings. The van der Waals surface area contributed by atoms with Gasteiger partial charge in [0.15, 0.2) is 0 Å². The van der Waals surface area contributed by atoms with Gasteiger partial charge in [-0.05, 0) is 60.2 Å². The van der Waals surface area contributed by atoms with E-state index >= 15 is 0 Å². The first kappa shape index (κ1) is 24.0. The maximum absolute atomic E-state index is 13.1. The van der Waals surface area contributed by atoms with Gasteiger partial charge in [-0.1, -0.05) is 23.7 Å². The molecule has 0 aliphatic rings. The number of ether oxygens (including phenoxy) is 1. The molecule has 33 heavy (non-hydrogen) atoms. The second kappa shape index (κ2) is 10.3. The minimum absolute atomic E-state index is 0.0214. The number of benzene rings is 3. The number of sulfonamides is 1. The van der Waals surface area contributed by atoms with E-state index in [0.29, 0.717) is 11.3 Å². The zero-order valence-electron chi connectivity index (χ0n) is 17.3. The summed E-state index contributed by atoms with van der Waals surface area (Å²) in [7, 11) is -2.54. The van der Waals surface area contributed by atoms with Crippen molar-refractivity contribution in [3.05, 3.63) is 88.7 Å². The molecule has 0 aliphatic carbocycles. The molecule has 8 nitrogen and oxygen atoms in total. The fraction of sp³-hybridized carbons (Fsp3) is 0.0909. The van der Waals surface area contributed by atoms with E-state index < -0.39 is 27.7 Å². The van der Waals surface area contributed by atoms with Crippen molar-refractivity contribution in [1.29, 1.82) is 0 Å². The van der Waals surface area contributed by atoms with Crippen LogP contribution >= 0.6 is 11.6 Å². The molecule has 0 bridgehead atoms. The number of hydrogen-bond donors (Lipinski definition) is 3. The van der Waals surface area contributed by atoms with Gasteiger partial charge < -0.3 is 4.74 Å². The Morgan fingerprint density at radius 1 is 0.970 bits per heavy atom. The van der Waals surface area contributed by atoms with Crippen molar-refractivity contribution < 1.29 is 27.1 Å². The summed E-state index contributed by atoms with van der Waals surface area (Å²) in [6.07, 6.45) is 0.0214. The van der Waals surface area contributed by atoms with Gasteiger partial charge in [0.2, 0.25) is 5.91 Å². The van der Waals surface area contributed by atoms with E-state index in [1.54, 1.807) is 24.3 Å². The molecule has 0 heterocycles. The molecule has 0 radical (unpaired) electrons. The Morgan fingerprint density at radius 3 is 2.27 bits per heavy atom. The first-order valence-electron chi connectivity index (χ1n) is 9.48. The van der Waals surface area contributed by atoms with Gasteiger partial charge in [-0.2, -0.15) is 0 Å². The van der Waals surface area contributed by atoms with E-state index in [4.69, 9.17) is 16.3 Å². The summed E-state index contributed by atoms with van der Waals surface area (Å²) in [6.45, 7) is 0. The smallest absolute Gasteiger partial charge is 0.269 e. The minimum Gasteiger partial charge on any atom is -0.497 e. The van der Waals surface area contributed by atoms with Crippen molar-refractivity contribution in [3.8, 4) is 5.75 Å². The predicted octanol–water partition coefficient (Wildman–Crippen LogP) is 3.29. The van der Waals surface area contributed by atoms with Crippen molar-refractivity contribution >= 4 is 39.1 Å². The van der Waals surface area contributed by atoms with Crippen molar-refractivity contribution in [2.45, 2.75) is 11.3 Å². The quantitative estimate of drug-likeness (QED) is 0.439. The second-order valence-corrected chi connectivity index (χ2v) is 8.87. The monoisotopic (exact) mass is 491 g/mol. The summed E-state index contributed by atoms with van der Waals surface area (Å²) in [4.78, 5) is 24.3. The van der Waals surface area contributed by atoms with Crippen LogP contribution in [0.3, 0.4) is 0 Å². The van der Waals surface area contributed by atoms with E-state index in [9.17, 15) is 22.4 Å². The summed E-state index contributed by atoms with van der Waals surface area (Å²) in [6, 6.07) is 15.0. The van der Waals surface area contributed by atoms with Crippen LogP contribution in [-0.4, -0.2) is 27.3 Å². The largest absolute Gasteiger partial charge is 0.497 e. The third-order valence-electron chi connectivity index (χ3n) is 4.44. The van der Waals surface area contributed by atoms with Crippen LogP contribution in [-0.2, 0) is 21.2 Å². The summed E-state index contributed by atoms with van der Waals surface area (Å²) >= 11 is 6.06. The highest BCUT2D eigenvalue weighted by molar-refractivity contribution is 7.92. The predicted molar refractivity (Wildman–Crippen MR) is 121 cm³/mol. The molecule has 0 saturated heterocycles. The van der Waals surface area contributed by atoms with Crippen LogP contribution in [0.1, 0.15) is 15.9 Å². The second-order valence-electron chi connectivity index (χ2n) is 6.78. The van der Waals surface area contributed by atoms with Gasteiger partial charge >= 0.3 is 0 Å². The number of anilines is 1. The number of carbonyl (C=O) groups is 2. The van der Waals surface area contributed by atoms with E-state index in [1.807, 2.05) is 0 Å². The number of carbonyl (C=O) groups excluding carboxylic acids is 2. The molecule has 11 heteroatoms. The molecule has 3 N–H and O–H groups in total. The first-order chi connectivity index (χ1) is 15.7. The minimum atomic E-state index is -4.07. The summed E-state index contributed by atoms with van der Waals surface area (Å²) in [5, 5.41) is 0.0424. The SMILES string of the molecule is COc1ccc(CC(=O)NNC(=O)c2ccc(Cl)c(NS(=O)(=O)c3ccc(F)cc3)c2)cc1. The Kier molecular flexibility index (Phi) is 7.52. The number of nitrogens with one attached hydrogen (secondary N) is 3. The van der Waals surface area contributed by atoms with Gasteiger partial charge in [0.05, 0.1) is 29.1 Å². The molecule has 3 aromatic rings. The number of hydrazine groups is 1. The molecule has 3 aromatic carbocycles. The molecule has 3 rings (SSSR count).